The van der Waals surface area contributed by atoms with Crippen molar-refractivity contribution >= 4 is 17.5 Å². The molecule has 0 saturated carbocycles. The molecule has 0 N–H and O–H groups in total. The number of rotatable bonds is 4. The van der Waals surface area contributed by atoms with E-state index in [2.05, 4.69) is 4.37 Å². The summed E-state index contributed by atoms with van der Waals surface area (Å²) in [5, 5.41) is 2.04. The van der Waals surface area contributed by atoms with Gasteiger partial charge in [0.1, 0.15) is 6.10 Å². The monoisotopic (exact) mass is 251 g/mol. The molecule has 1 aromatic heterocycles. The summed E-state index contributed by atoms with van der Waals surface area (Å²) >= 11 is 1.46. The van der Waals surface area contributed by atoms with Crippen LogP contribution in [0.5, 0.6) is 0 Å². The van der Waals surface area contributed by atoms with E-state index in [0.29, 0.717) is 0 Å². The van der Waals surface area contributed by atoms with Gasteiger partial charge in [0.15, 0.2) is 0 Å². The molecule has 0 fully saturated rings. The average Bonchev–Trinajstić information content (AvgIpc) is 2.78. The van der Waals surface area contributed by atoms with E-state index in [-0.39, 0.29) is 18.0 Å². The lowest BCUT2D eigenvalue weighted by molar-refractivity contribution is -0.146. The molecule has 17 heavy (non-hydrogen) atoms. The van der Waals surface area contributed by atoms with E-state index < -0.39 is 0 Å². The summed E-state index contributed by atoms with van der Waals surface area (Å²) in [7, 11) is 0. The van der Waals surface area contributed by atoms with E-state index in [4.69, 9.17) is 4.74 Å². The van der Waals surface area contributed by atoms with Gasteiger partial charge in [0.25, 0.3) is 0 Å². The van der Waals surface area contributed by atoms with Gasteiger partial charge in [0.05, 0.1) is 0 Å². The zero-order chi connectivity index (χ0) is 12.3. The maximum Gasteiger partial charge on any atom is 0.334 e. The Labute approximate surface area is 106 Å². The Morgan fingerprint density at radius 3 is 3.00 bits per heavy atom. The van der Waals surface area contributed by atoms with Crippen LogP contribution in [0.25, 0.3) is 0 Å². The summed E-state index contributed by atoms with van der Waals surface area (Å²) in [6, 6.07) is 0. The number of aromatic nitrogens is 1. The van der Waals surface area contributed by atoms with Gasteiger partial charge in [-0.3, -0.25) is 0 Å². The fraction of sp³-hybridized carbons (Fsp3) is 0.538. The first-order valence-electron chi connectivity index (χ1n) is 5.96. The van der Waals surface area contributed by atoms with E-state index in [9.17, 15) is 4.79 Å². The zero-order valence-electron chi connectivity index (χ0n) is 10.2. The van der Waals surface area contributed by atoms with Crippen LogP contribution in [-0.4, -0.2) is 16.4 Å². The van der Waals surface area contributed by atoms with Crippen LogP contribution in [0.15, 0.2) is 23.2 Å². The van der Waals surface area contributed by atoms with Gasteiger partial charge in [-0.05, 0) is 35.9 Å². The molecule has 1 aliphatic rings. The van der Waals surface area contributed by atoms with E-state index in [0.717, 1.165) is 24.8 Å². The Balaban J connectivity index is 1.87. The molecule has 2 heterocycles. The van der Waals surface area contributed by atoms with Crippen molar-refractivity contribution in [2.24, 2.45) is 5.92 Å². The second-order valence-corrected chi connectivity index (χ2v) is 5.31. The number of carbonyl (C=O) groups is 1. The summed E-state index contributed by atoms with van der Waals surface area (Å²) in [4.78, 5) is 11.7. The predicted octanol–water partition coefficient (Wildman–Crippen LogP) is 2.97. The van der Waals surface area contributed by atoms with E-state index in [1.54, 1.807) is 0 Å². The molecule has 0 aromatic carbocycles. The van der Waals surface area contributed by atoms with E-state index >= 15 is 0 Å². The molecule has 1 unspecified atom stereocenters. The normalized spacial score (nSPS) is 20.3. The number of carbonyl (C=O) groups excluding carboxylic acids is 1. The Morgan fingerprint density at radius 1 is 1.59 bits per heavy atom. The highest BCUT2D eigenvalue weighted by atomic mass is 32.1. The zero-order valence-corrected chi connectivity index (χ0v) is 11.0. The lowest BCUT2D eigenvalue weighted by Gasteiger charge is -2.23. The maximum atomic E-state index is 11.7. The minimum atomic E-state index is -0.139. The van der Waals surface area contributed by atoms with Gasteiger partial charge in [-0.2, -0.15) is 0 Å². The van der Waals surface area contributed by atoms with Crippen molar-refractivity contribution in [3.63, 3.8) is 0 Å². The second-order valence-electron chi connectivity index (χ2n) is 4.65. The number of hydrogen-bond donors (Lipinski definition) is 0. The number of hydrogen-bond acceptors (Lipinski definition) is 4. The molecule has 0 saturated heterocycles. The predicted molar refractivity (Wildman–Crippen MR) is 67.9 cm³/mol. The Hall–Kier alpha value is -1.16. The molecule has 1 atom stereocenters. The van der Waals surface area contributed by atoms with Crippen LogP contribution in [0.1, 0.15) is 32.3 Å². The second kappa shape index (κ2) is 5.45. The third kappa shape index (κ3) is 3.16. The summed E-state index contributed by atoms with van der Waals surface area (Å²) in [6.07, 6.45) is 6.60. The van der Waals surface area contributed by atoms with Crippen LogP contribution in [0.2, 0.25) is 0 Å². The van der Waals surface area contributed by atoms with Crippen LogP contribution in [0.4, 0.5) is 0 Å². The smallest absolute Gasteiger partial charge is 0.334 e. The number of cyclic esters (lactones) is 1. The van der Waals surface area contributed by atoms with Crippen LogP contribution in [0, 0.1) is 5.92 Å². The van der Waals surface area contributed by atoms with Crippen molar-refractivity contribution in [1.29, 1.82) is 0 Å². The molecule has 0 spiro atoms. The van der Waals surface area contributed by atoms with Gasteiger partial charge in [-0.1, -0.05) is 19.9 Å². The molecule has 0 aliphatic carbocycles. The molecule has 3 nitrogen and oxygen atoms in total. The number of ether oxygens (including phenoxy) is 1. The van der Waals surface area contributed by atoms with E-state index in [1.807, 2.05) is 31.5 Å². The van der Waals surface area contributed by atoms with Gasteiger partial charge in [-0.25, -0.2) is 9.17 Å². The van der Waals surface area contributed by atoms with Gasteiger partial charge in [0.2, 0.25) is 0 Å². The molecule has 4 heteroatoms. The molecular weight excluding hydrogens is 234 g/mol. The topological polar surface area (TPSA) is 39.2 Å². The first kappa shape index (κ1) is 12.3. The van der Waals surface area contributed by atoms with Crippen LogP contribution in [0.3, 0.4) is 0 Å². The Morgan fingerprint density at radius 2 is 2.41 bits per heavy atom. The van der Waals surface area contributed by atoms with Gasteiger partial charge in [0, 0.05) is 23.6 Å². The minimum absolute atomic E-state index is 0.0323. The van der Waals surface area contributed by atoms with Crippen molar-refractivity contribution in [1.82, 2.24) is 4.37 Å². The molecular formula is C13H17NO2S. The van der Waals surface area contributed by atoms with Crippen LogP contribution < -0.4 is 0 Å². The van der Waals surface area contributed by atoms with Crippen molar-refractivity contribution in [2.45, 2.75) is 39.2 Å². The van der Waals surface area contributed by atoms with E-state index in [1.165, 1.54) is 17.1 Å². The number of esters is 1. The lowest BCUT2D eigenvalue weighted by atomic mass is 9.97. The largest absolute Gasteiger partial charge is 0.459 e. The fourth-order valence-electron chi connectivity index (χ4n) is 1.94. The molecule has 2 rings (SSSR count). The molecule has 1 aliphatic heterocycles. The van der Waals surface area contributed by atoms with Crippen molar-refractivity contribution in [3.05, 3.63) is 28.8 Å². The van der Waals surface area contributed by atoms with Crippen LogP contribution in [-0.2, 0) is 16.0 Å². The van der Waals surface area contributed by atoms with Crippen molar-refractivity contribution in [2.75, 3.05) is 0 Å². The quantitative estimate of drug-likeness (QED) is 0.772. The molecule has 1 aromatic rings. The summed E-state index contributed by atoms with van der Waals surface area (Å²) in [5.41, 5.74) is 2.04. The highest BCUT2D eigenvalue weighted by Gasteiger charge is 2.24. The molecule has 0 radical (unpaired) electrons. The molecule has 92 valence electrons. The molecule has 0 amide bonds. The molecule has 0 bridgehead atoms. The summed E-state index contributed by atoms with van der Waals surface area (Å²) in [6.45, 7) is 4.04. The summed E-state index contributed by atoms with van der Waals surface area (Å²) < 4.78 is 9.49. The van der Waals surface area contributed by atoms with Gasteiger partial charge in [-0.15, -0.1) is 0 Å². The third-order valence-electron chi connectivity index (χ3n) is 2.97. The maximum absolute atomic E-state index is 11.7. The highest BCUT2D eigenvalue weighted by molar-refractivity contribution is 7.03. The summed E-state index contributed by atoms with van der Waals surface area (Å²) in [5.74, 6) is 0.115. The third-order valence-corrected chi connectivity index (χ3v) is 3.61. The first-order valence-corrected chi connectivity index (χ1v) is 6.79. The highest BCUT2D eigenvalue weighted by Crippen LogP contribution is 2.23. The Bertz CT molecular complexity index is 409. The van der Waals surface area contributed by atoms with Crippen molar-refractivity contribution < 1.29 is 9.53 Å². The SMILES string of the molecule is CC(C)C1=CCC(CCc2cnsc2)OC1=O. The van der Waals surface area contributed by atoms with Crippen LogP contribution >= 0.6 is 11.5 Å². The number of nitrogens with zero attached hydrogens (tertiary/aromatic N) is 1. The number of aryl methyl sites for hydroxylation is 1. The first-order chi connectivity index (χ1) is 8.16. The lowest BCUT2D eigenvalue weighted by Crippen LogP contribution is -2.26. The van der Waals surface area contributed by atoms with Gasteiger partial charge >= 0.3 is 5.97 Å². The standard InChI is InChI=1S/C13H17NO2S/c1-9(2)12-6-5-11(16-13(12)15)4-3-10-7-14-17-8-10/h6-9,11H,3-5H2,1-2H3. The average molecular weight is 251 g/mol. The minimum Gasteiger partial charge on any atom is -0.459 e. The van der Waals surface area contributed by atoms with Gasteiger partial charge < -0.3 is 4.74 Å². The Kier molecular flexibility index (Phi) is 3.94. The van der Waals surface area contributed by atoms with Crippen molar-refractivity contribution in [3.8, 4) is 0 Å². The fourth-order valence-corrected chi connectivity index (χ4v) is 2.51.